The summed E-state index contributed by atoms with van der Waals surface area (Å²) in [6.07, 6.45) is 3.13. The molecule has 0 spiro atoms. The van der Waals surface area contributed by atoms with Gasteiger partial charge >= 0.3 is 0 Å². The number of nitrogens with one attached hydrogen (secondary N) is 1. The molecule has 0 saturated carbocycles. The lowest BCUT2D eigenvalue weighted by Gasteiger charge is -2.32. The molecule has 2 aliphatic heterocycles. The van der Waals surface area contributed by atoms with Crippen LogP contribution in [0.2, 0.25) is 0 Å². The second-order valence-electron chi connectivity index (χ2n) is 7.31. The number of amides is 3. The minimum absolute atomic E-state index is 0.00892. The summed E-state index contributed by atoms with van der Waals surface area (Å²) < 4.78 is 0.899. The first kappa shape index (κ1) is 20.0. The van der Waals surface area contributed by atoms with Crippen molar-refractivity contribution in [2.75, 3.05) is 29.9 Å². The van der Waals surface area contributed by atoms with Crippen molar-refractivity contribution in [3.05, 3.63) is 40.3 Å². The molecule has 152 valence electrons. The van der Waals surface area contributed by atoms with Gasteiger partial charge in [-0.3, -0.25) is 14.4 Å². The summed E-state index contributed by atoms with van der Waals surface area (Å²) in [5, 5.41) is 5.25. The van der Waals surface area contributed by atoms with E-state index in [4.69, 9.17) is 0 Å². The molecule has 1 aromatic heterocycles. The highest BCUT2D eigenvalue weighted by Crippen LogP contribution is 2.29. The molecular weight excluding hydrogens is 456 g/mol. The molecule has 1 unspecified atom stereocenters. The molecule has 2 aliphatic rings. The summed E-state index contributed by atoms with van der Waals surface area (Å²) in [6, 6.07) is 7.55. The fraction of sp³-hybridized carbons (Fsp3) is 0.400. The van der Waals surface area contributed by atoms with Crippen LogP contribution in [0.3, 0.4) is 0 Å². The van der Waals surface area contributed by atoms with E-state index in [1.54, 1.807) is 16.0 Å². The Morgan fingerprint density at radius 2 is 2.00 bits per heavy atom. The Hall–Kier alpha value is -2.26. The minimum atomic E-state index is -0.331. The molecule has 1 aromatic carbocycles. The van der Waals surface area contributed by atoms with Crippen LogP contribution < -0.4 is 10.2 Å². The average Bonchev–Trinajstić information content (AvgIpc) is 3.37. The second kappa shape index (κ2) is 8.62. The fourth-order valence-electron chi connectivity index (χ4n) is 3.88. The Labute approximate surface area is 181 Å². The fourth-order valence-corrected chi connectivity index (χ4v) is 4.80. The molecule has 3 heterocycles. The van der Waals surface area contributed by atoms with Gasteiger partial charge in [0.25, 0.3) is 0 Å². The van der Waals surface area contributed by atoms with Gasteiger partial charge in [-0.15, -0.1) is 11.3 Å². The zero-order valence-electron chi connectivity index (χ0n) is 15.7. The summed E-state index contributed by atoms with van der Waals surface area (Å²) in [7, 11) is 0. The first-order chi connectivity index (χ1) is 14.0. The lowest BCUT2D eigenvalue weighted by molar-refractivity contribution is -0.138. The first-order valence-corrected chi connectivity index (χ1v) is 11.2. The summed E-state index contributed by atoms with van der Waals surface area (Å²) in [5.74, 6) is -0.508. The number of thiazole rings is 1. The predicted octanol–water partition coefficient (Wildman–Crippen LogP) is 3.14. The van der Waals surface area contributed by atoms with E-state index in [9.17, 15) is 14.4 Å². The maximum absolute atomic E-state index is 13.0. The first-order valence-electron chi connectivity index (χ1n) is 9.56. The number of nitrogens with zero attached hydrogens (tertiary/aromatic N) is 3. The van der Waals surface area contributed by atoms with Gasteiger partial charge in [0.2, 0.25) is 17.7 Å². The van der Waals surface area contributed by atoms with Crippen LogP contribution >= 0.6 is 27.3 Å². The number of rotatable bonds is 4. The lowest BCUT2D eigenvalue weighted by Crippen LogP contribution is -2.44. The molecule has 1 atom stereocenters. The number of benzene rings is 1. The number of halogens is 1. The number of hydrogen-bond acceptors (Lipinski definition) is 5. The Bertz CT molecular complexity index is 912. The molecule has 2 saturated heterocycles. The average molecular weight is 477 g/mol. The molecule has 2 fully saturated rings. The topological polar surface area (TPSA) is 82.6 Å². The van der Waals surface area contributed by atoms with E-state index in [2.05, 4.69) is 26.2 Å². The number of anilines is 2. The van der Waals surface area contributed by atoms with Crippen molar-refractivity contribution in [1.82, 2.24) is 9.88 Å². The van der Waals surface area contributed by atoms with Gasteiger partial charge in [-0.25, -0.2) is 4.98 Å². The van der Waals surface area contributed by atoms with Crippen LogP contribution in [0.4, 0.5) is 10.8 Å². The highest BCUT2D eigenvalue weighted by atomic mass is 79.9. The normalized spacial score (nSPS) is 20.2. The number of piperidine rings is 1. The van der Waals surface area contributed by atoms with Crippen LogP contribution in [0, 0.1) is 11.8 Å². The molecule has 3 amide bonds. The summed E-state index contributed by atoms with van der Waals surface area (Å²) in [6.45, 7) is 1.48. The quantitative estimate of drug-likeness (QED) is 0.734. The number of carbonyl (C=O) groups is 3. The number of hydrogen-bond donors (Lipinski definition) is 1. The van der Waals surface area contributed by atoms with Crippen molar-refractivity contribution in [3.63, 3.8) is 0 Å². The Morgan fingerprint density at radius 1 is 1.21 bits per heavy atom. The summed E-state index contributed by atoms with van der Waals surface area (Å²) >= 11 is 4.81. The molecule has 0 radical (unpaired) electrons. The van der Waals surface area contributed by atoms with E-state index in [1.807, 2.05) is 29.6 Å². The van der Waals surface area contributed by atoms with Crippen molar-refractivity contribution >= 4 is 55.8 Å². The molecule has 7 nitrogen and oxygen atoms in total. The van der Waals surface area contributed by atoms with Crippen molar-refractivity contribution < 1.29 is 14.4 Å². The molecule has 29 heavy (non-hydrogen) atoms. The molecule has 0 aliphatic carbocycles. The van der Waals surface area contributed by atoms with Crippen molar-refractivity contribution in [2.24, 2.45) is 11.8 Å². The minimum Gasteiger partial charge on any atom is -0.342 e. The molecule has 9 heteroatoms. The van der Waals surface area contributed by atoms with Gasteiger partial charge in [0.05, 0.1) is 5.92 Å². The predicted molar refractivity (Wildman–Crippen MR) is 115 cm³/mol. The molecule has 2 aromatic rings. The third kappa shape index (κ3) is 4.51. The lowest BCUT2D eigenvalue weighted by atomic mass is 9.94. The van der Waals surface area contributed by atoms with Gasteiger partial charge in [-0.2, -0.15) is 0 Å². The molecule has 4 rings (SSSR count). The monoisotopic (exact) mass is 476 g/mol. The zero-order chi connectivity index (χ0) is 20.4. The van der Waals surface area contributed by atoms with E-state index in [0.29, 0.717) is 37.6 Å². The number of carbonyl (C=O) groups excluding carboxylic acids is 3. The van der Waals surface area contributed by atoms with E-state index in [-0.39, 0.29) is 36.0 Å². The largest absolute Gasteiger partial charge is 0.342 e. The third-order valence-corrected chi connectivity index (χ3v) is 6.62. The van der Waals surface area contributed by atoms with Gasteiger partial charge in [0, 0.05) is 53.7 Å². The summed E-state index contributed by atoms with van der Waals surface area (Å²) in [4.78, 5) is 45.3. The maximum atomic E-state index is 13.0. The molecule has 1 N–H and O–H groups in total. The Balaban J connectivity index is 1.32. The van der Waals surface area contributed by atoms with Gasteiger partial charge in [0.1, 0.15) is 0 Å². The van der Waals surface area contributed by atoms with E-state index < -0.39 is 0 Å². The zero-order valence-corrected chi connectivity index (χ0v) is 18.1. The van der Waals surface area contributed by atoms with Crippen LogP contribution in [0.15, 0.2) is 40.3 Å². The Morgan fingerprint density at radius 3 is 2.69 bits per heavy atom. The van der Waals surface area contributed by atoms with E-state index in [0.717, 1.165) is 10.2 Å². The standard InChI is InChI=1S/C20H21BrN4O3S/c21-15-2-1-3-16(11-15)25-12-14(10-17(25)26)19(28)24-7-4-13(5-8-24)18(27)23-20-22-6-9-29-20/h1-3,6,9,11,13-14H,4-5,7-8,10,12H2,(H,22,23,27). The van der Waals surface area contributed by atoms with Crippen LogP contribution in [-0.4, -0.2) is 47.2 Å². The van der Waals surface area contributed by atoms with Crippen LogP contribution in [-0.2, 0) is 14.4 Å². The van der Waals surface area contributed by atoms with Crippen molar-refractivity contribution in [2.45, 2.75) is 19.3 Å². The highest BCUT2D eigenvalue weighted by molar-refractivity contribution is 9.10. The SMILES string of the molecule is O=C(Nc1nccs1)C1CCN(C(=O)C2CC(=O)N(c3cccc(Br)c3)C2)CC1. The number of aromatic nitrogens is 1. The van der Waals surface area contributed by atoms with Gasteiger partial charge in [-0.1, -0.05) is 22.0 Å². The second-order valence-corrected chi connectivity index (χ2v) is 9.12. The van der Waals surface area contributed by atoms with Crippen molar-refractivity contribution in [1.29, 1.82) is 0 Å². The molecule has 0 bridgehead atoms. The van der Waals surface area contributed by atoms with Crippen molar-refractivity contribution in [3.8, 4) is 0 Å². The van der Waals surface area contributed by atoms with Gasteiger partial charge < -0.3 is 15.1 Å². The van der Waals surface area contributed by atoms with Crippen LogP contribution in [0.1, 0.15) is 19.3 Å². The van der Waals surface area contributed by atoms with Crippen LogP contribution in [0.25, 0.3) is 0 Å². The number of likely N-dealkylation sites (tertiary alicyclic amines) is 1. The van der Waals surface area contributed by atoms with Crippen LogP contribution in [0.5, 0.6) is 0 Å². The van der Waals surface area contributed by atoms with Gasteiger partial charge in [-0.05, 0) is 31.0 Å². The highest BCUT2D eigenvalue weighted by Gasteiger charge is 2.38. The maximum Gasteiger partial charge on any atom is 0.229 e. The smallest absolute Gasteiger partial charge is 0.229 e. The van der Waals surface area contributed by atoms with Gasteiger partial charge in [0.15, 0.2) is 5.13 Å². The summed E-state index contributed by atoms with van der Waals surface area (Å²) in [5.41, 5.74) is 0.803. The third-order valence-electron chi connectivity index (χ3n) is 5.43. The Kier molecular flexibility index (Phi) is 5.96. The van der Waals surface area contributed by atoms with E-state index >= 15 is 0 Å². The molecular formula is C20H21BrN4O3S. The van der Waals surface area contributed by atoms with E-state index in [1.165, 1.54) is 11.3 Å².